The lowest BCUT2D eigenvalue weighted by molar-refractivity contribution is -0.126. The molecule has 0 saturated carbocycles. The number of amides is 1. The van der Waals surface area contributed by atoms with Gasteiger partial charge in [0.05, 0.1) is 12.9 Å². The Hall–Kier alpha value is -1.56. The minimum Gasteiger partial charge on any atom is -0.360 e. The van der Waals surface area contributed by atoms with E-state index < -0.39 is 5.56 Å². The maximum Gasteiger partial charge on any atom is 0.271 e. The fraction of sp³-hybridized carbons (Fsp3) is 0.375. The summed E-state index contributed by atoms with van der Waals surface area (Å²) < 4.78 is 0. The van der Waals surface area contributed by atoms with Gasteiger partial charge in [0.25, 0.3) is 5.56 Å². The van der Waals surface area contributed by atoms with E-state index in [0.29, 0.717) is 0 Å². The van der Waals surface area contributed by atoms with Crippen molar-refractivity contribution in [3.63, 3.8) is 0 Å². The smallest absolute Gasteiger partial charge is 0.271 e. The van der Waals surface area contributed by atoms with Crippen molar-refractivity contribution in [2.24, 2.45) is 0 Å². The van der Waals surface area contributed by atoms with Crippen LogP contribution in [0.1, 0.15) is 0 Å². The molecule has 0 saturated heterocycles. The lowest BCUT2D eigenvalue weighted by Gasteiger charge is -2.11. The number of halogens is 1. The van der Waals surface area contributed by atoms with Crippen molar-refractivity contribution >= 4 is 23.3 Å². The highest BCUT2D eigenvalue weighted by molar-refractivity contribution is 6.32. The van der Waals surface area contributed by atoms with Gasteiger partial charge in [-0.3, -0.25) is 9.59 Å². The van der Waals surface area contributed by atoms with Crippen LogP contribution < -0.4 is 10.9 Å². The van der Waals surface area contributed by atoms with Gasteiger partial charge in [-0.05, 0) is 0 Å². The average molecular weight is 231 g/mol. The van der Waals surface area contributed by atoms with Crippen molar-refractivity contribution in [1.82, 2.24) is 14.9 Å². The summed E-state index contributed by atoms with van der Waals surface area (Å²) in [5.41, 5.74) is -0.438. The fourth-order valence-corrected chi connectivity index (χ4v) is 0.994. The van der Waals surface area contributed by atoms with Crippen LogP contribution in [0.5, 0.6) is 0 Å². The lowest BCUT2D eigenvalue weighted by Crippen LogP contribution is -2.29. The SMILES string of the molecule is CN(C)C(=O)CNc1nc[nH]c(=O)c1Cl. The molecule has 1 amide bonds. The summed E-state index contributed by atoms with van der Waals surface area (Å²) in [5, 5.41) is 2.63. The first-order chi connectivity index (χ1) is 7.02. The van der Waals surface area contributed by atoms with Crippen LogP contribution in [0.2, 0.25) is 5.02 Å². The van der Waals surface area contributed by atoms with Crippen molar-refractivity contribution in [3.05, 3.63) is 21.7 Å². The van der Waals surface area contributed by atoms with Gasteiger partial charge in [0, 0.05) is 14.1 Å². The van der Waals surface area contributed by atoms with Crippen molar-refractivity contribution < 1.29 is 4.79 Å². The van der Waals surface area contributed by atoms with Crippen LogP contribution in [0.15, 0.2) is 11.1 Å². The first kappa shape index (κ1) is 11.5. The summed E-state index contributed by atoms with van der Waals surface area (Å²) >= 11 is 5.66. The number of aromatic nitrogens is 2. The van der Waals surface area contributed by atoms with E-state index in [1.807, 2.05) is 0 Å². The van der Waals surface area contributed by atoms with E-state index in [1.165, 1.54) is 11.2 Å². The highest BCUT2D eigenvalue weighted by Crippen LogP contribution is 2.11. The number of nitrogens with one attached hydrogen (secondary N) is 2. The topological polar surface area (TPSA) is 78.1 Å². The Morgan fingerprint density at radius 1 is 1.67 bits per heavy atom. The Kier molecular flexibility index (Phi) is 3.68. The van der Waals surface area contributed by atoms with Gasteiger partial charge in [-0.2, -0.15) is 0 Å². The number of anilines is 1. The molecule has 15 heavy (non-hydrogen) atoms. The minimum atomic E-state index is -0.438. The van der Waals surface area contributed by atoms with Gasteiger partial charge in [-0.15, -0.1) is 0 Å². The fourth-order valence-electron chi connectivity index (χ4n) is 0.824. The molecule has 0 bridgehead atoms. The van der Waals surface area contributed by atoms with E-state index in [-0.39, 0.29) is 23.3 Å². The summed E-state index contributed by atoms with van der Waals surface area (Å²) in [6.45, 7) is 0.0448. The summed E-state index contributed by atoms with van der Waals surface area (Å²) in [6.07, 6.45) is 1.22. The highest BCUT2D eigenvalue weighted by Gasteiger charge is 2.08. The highest BCUT2D eigenvalue weighted by atomic mass is 35.5. The van der Waals surface area contributed by atoms with Crippen molar-refractivity contribution in [3.8, 4) is 0 Å². The molecule has 2 N–H and O–H groups in total. The third-order valence-electron chi connectivity index (χ3n) is 1.70. The van der Waals surface area contributed by atoms with Crippen LogP contribution in [0.4, 0.5) is 5.82 Å². The monoisotopic (exact) mass is 230 g/mol. The summed E-state index contributed by atoms with van der Waals surface area (Å²) in [7, 11) is 3.27. The number of H-pyrrole nitrogens is 1. The number of rotatable bonds is 3. The van der Waals surface area contributed by atoms with Crippen molar-refractivity contribution in [1.29, 1.82) is 0 Å². The van der Waals surface area contributed by atoms with Gasteiger partial charge >= 0.3 is 0 Å². The third kappa shape index (κ3) is 2.95. The number of nitrogens with zero attached hydrogens (tertiary/aromatic N) is 2. The number of aromatic amines is 1. The molecule has 1 rings (SSSR count). The van der Waals surface area contributed by atoms with Crippen LogP contribution in [0.3, 0.4) is 0 Å². The number of hydrogen-bond donors (Lipinski definition) is 2. The summed E-state index contributed by atoms with van der Waals surface area (Å²) in [6, 6.07) is 0. The largest absolute Gasteiger partial charge is 0.360 e. The van der Waals surface area contributed by atoms with E-state index in [1.54, 1.807) is 14.1 Å². The molecule has 0 aliphatic heterocycles. The maximum atomic E-state index is 11.2. The van der Waals surface area contributed by atoms with Gasteiger partial charge in [-0.25, -0.2) is 4.98 Å². The molecule has 0 fully saturated rings. The van der Waals surface area contributed by atoms with Crippen LogP contribution in [-0.2, 0) is 4.79 Å². The van der Waals surface area contributed by atoms with Gasteiger partial charge in [0.2, 0.25) is 5.91 Å². The van der Waals surface area contributed by atoms with Crippen molar-refractivity contribution in [2.45, 2.75) is 0 Å². The summed E-state index contributed by atoms with van der Waals surface area (Å²) in [5.74, 6) is 0.0729. The van der Waals surface area contributed by atoms with Crippen LogP contribution >= 0.6 is 11.6 Å². The maximum absolute atomic E-state index is 11.2. The molecule has 6 nitrogen and oxygen atoms in total. The second-order valence-electron chi connectivity index (χ2n) is 3.04. The molecule has 0 aliphatic rings. The molecule has 7 heteroatoms. The first-order valence-corrected chi connectivity index (χ1v) is 4.57. The predicted octanol–water partition coefficient (Wildman–Crippen LogP) is -0.0766. The van der Waals surface area contributed by atoms with Gasteiger partial charge in [0.1, 0.15) is 5.02 Å². The average Bonchev–Trinajstić information content (AvgIpc) is 2.19. The van der Waals surface area contributed by atoms with E-state index in [9.17, 15) is 9.59 Å². The quantitative estimate of drug-likeness (QED) is 0.762. The molecule has 1 heterocycles. The van der Waals surface area contributed by atoms with E-state index in [0.717, 1.165) is 0 Å². The Bertz CT molecular complexity index is 415. The molecule has 1 aromatic heterocycles. The van der Waals surface area contributed by atoms with Gasteiger partial charge in [0.15, 0.2) is 5.82 Å². The normalized spacial score (nSPS) is 9.80. The second kappa shape index (κ2) is 4.79. The Balaban J connectivity index is 2.70. The van der Waals surface area contributed by atoms with Crippen LogP contribution in [-0.4, -0.2) is 41.4 Å². The molecule has 0 radical (unpaired) electrons. The molecule has 1 aromatic rings. The molecule has 0 atom stereocenters. The molecule has 82 valence electrons. The standard InChI is InChI=1S/C8H11ClN4O2/c1-13(2)5(14)3-10-7-6(9)8(15)12-4-11-7/h4H,3H2,1-2H3,(H2,10,11,12,15). The number of hydrogen-bond acceptors (Lipinski definition) is 4. The zero-order valence-corrected chi connectivity index (χ0v) is 9.13. The number of carbonyl (C=O) groups excluding carboxylic acids is 1. The molecule has 0 unspecified atom stereocenters. The van der Waals surface area contributed by atoms with E-state index >= 15 is 0 Å². The number of carbonyl (C=O) groups is 1. The second-order valence-corrected chi connectivity index (χ2v) is 3.41. The van der Waals surface area contributed by atoms with E-state index in [2.05, 4.69) is 15.3 Å². The van der Waals surface area contributed by atoms with Crippen molar-refractivity contribution in [2.75, 3.05) is 26.0 Å². The minimum absolute atomic E-state index is 0.0448. The Morgan fingerprint density at radius 3 is 2.93 bits per heavy atom. The number of likely N-dealkylation sites (N-methyl/N-ethyl adjacent to an activating group) is 1. The Morgan fingerprint density at radius 2 is 2.33 bits per heavy atom. The van der Waals surface area contributed by atoms with Gasteiger partial charge < -0.3 is 15.2 Å². The third-order valence-corrected chi connectivity index (χ3v) is 2.05. The van der Waals surface area contributed by atoms with Crippen LogP contribution in [0, 0.1) is 0 Å². The van der Waals surface area contributed by atoms with E-state index in [4.69, 9.17) is 11.6 Å². The molecule has 0 spiro atoms. The molecule has 0 aromatic carbocycles. The zero-order valence-electron chi connectivity index (χ0n) is 8.37. The Labute approximate surface area is 91.3 Å². The molecular weight excluding hydrogens is 220 g/mol. The van der Waals surface area contributed by atoms with Crippen LogP contribution in [0.25, 0.3) is 0 Å². The summed E-state index contributed by atoms with van der Waals surface area (Å²) in [4.78, 5) is 29.8. The molecular formula is C8H11ClN4O2. The first-order valence-electron chi connectivity index (χ1n) is 4.19. The molecule has 0 aliphatic carbocycles. The van der Waals surface area contributed by atoms with Gasteiger partial charge in [-0.1, -0.05) is 11.6 Å². The lowest BCUT2D eigenvalue weighted by atomic mass is 10.5. The zero-order chi connectivity index (χ0) is 11.4. The predicted molar refractivity (Wildman–Crippen MR) is 57.1 cm³/mol.